The second-order valence-corrected chi connectivity index (χ2v) is 10.5. The minimum absolute atomic E-state index is 0.0214. The number of hydrogen-bond acceptors (Lipinski definition) is 11. The molecule has 1 aromatic carbocycles. The molecule has 0 unspecified atom stereocenters. The molecule has 3 N–H and O–H groups in total. The number of methoxy groups -OCH3 is 1. The third kappa shape index (κ3) is 6.02. The highest BCUT2D eigenvalue weighted by molar-refractivity contribution is 8.15. The van der Waals surface area contributed by atoms with Crippen molar-refractivity contribution in [3.63, 3.8) is 0 Å². The molecule has 11 nitrogen and oxygen atoms in total. The van der Waals surface area contributed by atoms with E-state index in [0.717, 1.165) is 6.07 Å². The van der Waals surface area contributed by atoms with Gasteiger partial charge < -0.3 is 24.9 Å². The Bertz CT molecular complexity index is 1340. The molecule has 1 aliphatic heterocycles. The van der Waals surface area contributed by atoms with E-state index in [1.165, 1.54) is 30.2 Å². The molecular weight excluding hydrogens is 508 g/mol. The van der Waals surface area contributed by atoms with E-state index in [4.69, 9.17) is 19.6 Å². The van der Waals surface area contributed by atoms with Crippen molar-refractivity contribution in [2.75, 3.05) is 19.0 Å². The fourth-order valence-electron chi connectivity index (χ4n) is 4.15. The van der Waals surface area contributed by atoms with E-state index >= 15 is 0 Å². The van der Waals surface area contributed by atoms with Crippen molar-refractivity contribution in [1.82, 2.24) is 20.2 Å². The van der Waals surface area contributed by atoms with Gasteiger partial charge in [-0.05, 0) is 26.3 Å². The third-order valence-corrected chi connectivity index (χ3v) is 6.57. The van der Waals surface area contributed by atoms with Gasteiger partial charge in [0.2, 0.25) is 11.8 Å². The number of aryl methyl sites for hydroxylation is 1. The summed E-state index contributed by atoms with van der Waals surface area (Å²) < 4.78 is 45.0. The number of benzene rings is 1. The minimum Gasteiger partial charge on any atom is -0.466 e. The number of carbonyl (C=O) groups is 1. The quantitative estimate of drug-likeness (QED) is 0.441. The predicted molar refractivity (Wildman–Crippen MR) is 131 cm³/mol. The molecule has 2 atom stereocenters. The second-order valence-electron chi connectivity index (χ2n) is 8.90. The Morgan fingerprint density at radius 3 is 2.68 bits per heavy atom. The molecule has 37 heavy (non-hydrogen) atoms. The maximum Gasteiger partial charge on any atom is 0.275 e. The number of thioether (sulfide) groups is 1. The maximum absolute atomic E-state index is 15.0. The molecule has 14 heteroatoms. The van der Waals surface area contributed by atoms with Crippen molar-refractivity contribution < 1.29 is 27.5 Å². The molecule has 0 spiro atoms. The molecule has 0 saturated carbocycles. The van der Waals surface area contributed by atoms with E-state index in [0.29, 0.717) is 18.9 Å². The van der Waals surface area contributed by atoms with Gasteiger partial charge in [0.15, 0.2) is 23.4 Å². The Balaban J connectivity index is 1.51. The van der Waals surface area contributed by atoms with Crippen LogP contribution in [0.3, 0.4) is 0 Å². The summed E-state index contributed by atoms with van der Waals surface area (Å²) in [6.07, 6.45) is 2.75. The number of nitrogens with one attached hydrogen (secondary N) is 1. The topological polar surface area (TPSA) is 151 Å². The highest BCUT2D eigenvalue weighted by Crippen LogP contribution is 2.46. The van der Waals surface area contributed by atoms with Crippen LogP contribution >= 0.6 is 11.8 Å². The van der Waals surface area contributed by atoms with Gasteiger partial charge in [0.25, 0.3) is 11.8 Å². The first-order chi connectivity index (χ1) is 17.5. The lowest BCUT2D eigenvalue weighted by molar-refractivity contribution is 0.102. The SMILES string of the molecule is COC[C@@]1(C)C[C@@](C)(c2cc(NC(=O)c3cnc(OCc4nnc(C)o4)cn3)cc(F)c2F)N=C(N)S1. The standard InChI is InChI=1S/C23H25F2N7O4S/c1-12-31-32-18(36-12)9-35-17-8-27-16(7-28-17)20(33)29-13-5-14(19(25)15(24)6-13)23(3)10-22(2,11-34-4)37-21(26)30-23/h5-8H,9-11H2,1-4H3,(H2,26,30)(H,29,33)/t22-,23+/m1/s1. The van der Waals surface area contributed by atoms with Crippen molar-refractivity contribution in [3.8, 4) is 5.88 Å². The molecule has 4 rings (SSSR count). The van der Waals surface area contributed by atoms with Gasteiger partial charge >= 0.3 is 0 Å². The number of nitrogens with zero attached hydrogens (tertiary/aromatic N) is 5. The zero-order valence-corrected chi connectivity index (χ0v) is 21.4. The Labute approximate surface area is 215 Å². The molecule has 1 aliphatic rings. The average molecular weight is 534 g/mol. The van der Waals surface area contributed by atoms with E-state index in [1.54, 1.807) is 21.0 Å². The molecule has 0 bridgehead atoms. The van der Waals surface area contributed by atoms with E-state index in [9.17, 15) is 13.6 Å². The third-order valence-electron chi connectivity index (χ3n) is 5.51. The first-order valence-corrected chi connectivity index (χ1v) is 11.9. The zero-order valence-electron chi connectivity index (χ0n) is 20.5. The van der Waals surface area contributed by atoms with Gasteiger partial charge in [-0.2, -0.15) is 0 Å². The smallest absolute Gasteiger partial charge is 0.275 e. The number of aliphatic imine (C=N–C) groups is 1. The number of ether oxygens (including phenoxy) is 2. The number of anilines is 1. The first kappa shape index (κ1) is 26.4. The lowest BCUT2D eigenvalue weighted by Crippen LogP contribution is -2.43. The summed E-state index contributed by atoms with van der Waals surface area (Å²) in [7, 11) is 1.55. The van der Waals surface area contributed by atoms with Crippen LogP contribution in [0, 0.1) is 18.6 Å². The molecule has 3 aromatic rings. The number of amides is 1. The summed E-state index contributed by atoms with van der Waals surface area (Å²) in [4.78, 5) is 25.2. The summed E-state index contributed by atoms with van der Waals surface area (Å²) >= 11 is 1.32. The molecule has 0 radical (unpaired) electrons. The Kier molecular flexibility index (Phi) is 7.41. The molecule has 0 aliphatic carbocycles. The fourth-order valence-corrected chi connectivity index (χ4v) is 5.43. The van der Waals surface area contributed by atoms with Gasteiger partial charge in [-0.15, -0.1) is 10.2 Å². The Hall–Kier alpha value is -3.65. The molecule has 196 valence electrons. The highest BCUT2D eigenvalue weighted by Gasteiger charge is 2.44. The van der Waals surface area contributed by atoms with Crippen molar-refractivity contribution in [3.05, 3.63) is 59.2 Å². The van der Waals surface area contributed by atoms with Crippen LogP contribution in [0.25, 0.3) is 0 Å². The van der Waals surface area contributed by atoms with Gasteiger partial charge in [0.1, 0.15) is 5.69 Å². The van der Waals surface area contributed by atoms with Crippen LogP contribution < -0.4 is 15.8 Å². The van der Waals surface area contributed by atoms with Gasteiger partial charge in [-0.1, -0.05) is 11.8 Å². The van der Waals surface area contributed by atoms with Crippen LogP contribution in [0.5, 0.6) is 5.88 Å². The number of halogens is 2. The molecule has 0 saturated heterocycles. The summed E-state index contributed by atoms with van der Waals surface area (Å²) in [6, 6.07) is 2.23. The summed E-state index contributed by atoms with van der Waals surface area (Å²) in [5.41, 5.74) is 4.76. The van der Waals surface area contributed by atoms with Crippen molar-refractivity contribution in [2.45, 2.75) is 44.1 Å². The number of aromatic nitrogens is 4. The summed E-state index contributed by atoms with van der Waals surface area (Å²) in [6.45, 7) is 5.53. The number of amidine groups is 1. The van der Waals surface area contributed by atoms with Crippen molar-refractivity contribution >= 4 is 28.5 Å². The van der Waals surface area contributed by atoms with Gasteiger partial charge in [-0.3, -0.25) is 9.79 Å². The van der Waals surface area contributed by atoms with E-state index in [-0.39, 0.29) is 40.5 Å². The molecule has 3 heterocycles. The van der Waals surface area contributed by atoms with E-state index in [1.807, 2.05) is 6.92 Å². The van der Waals surface area contributed by atoms with Crippen molar-refractivity contribution in [2.24, 2.45) is 10.7 Å². The monoisotopic (exact) mass is 533 g/mol. The fraction of sp³-hybridized carbons (Fsp3) is 0.391. The summed E-state index contributed by atoms with van der Waals surface area (Å²) in [5.74, 6) is -2.11. The maximum atomic E-state index is 15.0. The lowest BCUT2D eigenvalue weighted by Gasteiger charge is -2.41. The predicted octanol–water partition coefficient (Wildman–Crippen LogP) is 3.35. The minimum atomic E-state index is -1.19. The van der Waals surface area contributed by atoms with Crippen LogP contribution in [0.2, 0.25) is 0 Å². The Morgan fingerprint density at radius 2 is 2.03 bits per heavy atom. The van der Waals surface area contributed by atoms with Gasteiger partial charge in [-0.25, -0.2) is 18.7 Å². The lowest BCUT2D eigenvalue weighted by atomic mass is 9.83. The molecule has 2 aromatic heterocycles. The van der Waals surface area contributed by atoms with Gasteiger partial charge in [0, 0.05) is 36.1 Å². The summed E-state index contributed by atoms with van der Waals surface area (Å²) in [5, 5.41) is 10.3. The zero-order chi connectivity index (χ0) is 26.8. The second kappa shape index (κ2) is 10.4. The largest absolute Gasteiger partial charge is 0.466 e. The van der Waals surface area contributed by atoms with Gasteiger partial charge in [0.05, 0.1) is 24.5 Å². The van der Waals surface area contributed by atoms with Crippen molar-refractivity contribution in [1.29, 1.82) is 0 Å². The molecule has 0 fully saturated rings. The normalized spacial score (nSPS) is 21.4. The van der Waals surface area contributed by atoms with Crippen LogP contribution in [0.15, 0.2) is 33.9 Å². The number of carbonyl (C=O) groups excluding carboxylic acids is 1. The van der Waals surface area contributed by atoms with Crippen LogP contribution in [0.4, 0.5) is 14.5 Å². The van der Waals surface area contributed by atoms with Crippen LogP contribution in [0.1, 0.15) is 48.1 Å². The van der Waals surface area contributed by atoms with E-state index in [2.05, 4.69) is 30.5 Å². The molecule has 1 amide bonds. The Morgan fingerprint density at radius 1 is 1.24 bits per heavy atom. The average Bonchev–Trinajstić information content (AvgIpc) is 3.24. The number of hydrogen-bond donors (Lipinski definition) is 2. The highest BCUT2D eigenvalue weighted by atomic mass is 32.2. The van der Waals surface area contributed by atoms with Crippen LogP contribution in [-0.4, -0.2) is 49.7 Å². The number of rotatable bonds is 8. The molecular formula is C23H25F2N7O4S. The number of nitrogens with two attached hydrogens (primary N) is 1. The van der Waals surface area contributed by atoms with Crippen LogP contribution in [-0.2, 0) is 16.9 Å². The van der Waals surface area contributed by atoms with E-state index < -0.39 is 27.8 Å². The first-order valence-electron chi connectivity index (χ1n) is 11.1.